The maximum Gasteiger partial charge on any atom is 0.191 e. The average molecular weight is 347 g/mol. The van der Waals surface area contributed by atoms with E-state index in [4.69, 9.17) is 4.99 Å². The minimum absolute atomic E-state index is 0.126. The van der Waals surface area contributed by atoms with E-state index in [0.717, 1.165) is 34.1 Å². The lowest BCUT2D eigenvalue weighted by atomic mass is 10.3. The Balaban J connectivity index is 1.90. The molecular weight excluding hydrogens is 320 g/mol. The number of Topliss-reactive ketones (excluding diaryl/α,β-unsaturated/α-hetero) is 1. The van der Waals surface area contributed by atoms with Gasteiger partial charge in [0, 0.05) is 12.6 Å². The lowest BCUT2D eigenvalue weighted by Crippen LogP contribution is -3.20. The number of nitrogens with two attached hydrogens (primary N) is 1. The number of para-hydroxylation sites is 1. The molecule has 1 aliphatic rings. The molecule has 1 fully saturated rings. The molecule has 24 heavy (non-hydrogen) atoms. The van der Waals surface area contributed by atoms with E-state index >= 15 is 0 Å². The largest absolute Gasteiger partial charge is 0.337 e. The van der Waals surface area contributed by atoms with Gasteiger partial charge < -0.3 is 14.8 Å². The van der Waals surface area contributed by atoms with Gasteiger partial charge in [0.25, 0.3) is 0 Å². The number of nitrogens with one attached hydrogen (secondary N) is 1. The number of thiazole rings is 1. The number of ketones is 1. The lowest BCUT2D eigenvalue weighted by molar-refractivity contribution is -0.947. The van der Waals surface area contributed by atoms with Gasteiger partial charge in [-0.25, -0.2) is 4.99 Å². The molecule has 6 heteroatoms. The Morgan fingerprint density at radius 2 is 2.00 bits per heavy atom. The van der Waals surface area contributed by atoms with E-state index in [0.29, 0.717) is 0 Å². The van der Waals surface area contributed by atoms with Crippen LogP contribution in [0.4, 0.5) is 5.69 Å². The van der Waals surface area contributed by atoms with Crippen molar-refractivity contribution in [2.24, 2.45) is 4.99 Å². The topological polar surface area (TPSA) is 55.4 Å². The van der Waals surface area contributed by atoms with Gasteiger partial charge in [-0.3, -0.25) is 4.79 Å². The fourth-order valence-electron chi connectivity index (χ4n) is 3.17. The molecular formula is C18H26N4OS+2. The second-order valence-electron chi connectivity index (χ2n) is 6.32. The summed E-state index contributed by atoms with van der Waals surface area (Å²) in [7, 11) is 0. The number of carbonyl (C=O) groups excluding carboxylic acids is 1. The maximum atomic E-state index is 11.9. The molecule has 1 aromatic carbocycles. The van der Waals surface area contributed by atoms with E-state index in [1.165, 1.54) is 37.5 Å². The zero-order chi connectivity index (χ0) is 16.9. The van der Waals surface area contributed by atoms with Crippen LogP contribution in [-0.4, -0.2) is 43.1 Å². The Hall–Kier alpha value is -1.76. The standard InChI is InChI=1S/C18H24N4OS/c1-14-17(15(2)23)24-18(20-16-6-4-3-5-7-16)22(14)13-12-21-10-8-19-9-11-21/h3-7,19H,8-13H2,1-2H3/p+2. The zero-order valence-corrected chi connectivity index (χ0v) is 15.2. The predicted molar refractivity (Wildman–Crippen MR) is 95.9 cm³/mol. The van der Waals surface area contributed by atoms with E-state index in [-0.39, 0.29) is 5.78 Å². The fraction of sp³-hybridized carbons (Fsp3) is 0.444. The van der Waals surface area contributed by atoms with Crippen molar-refractivity contribution in [3.63, 3.8) is 0 Å². The number of benzene rings is 1. The fourth-order valence-corrected chi connectivity index (χ4v) is 4.25. The van der Waals surface area contributed by atoms with Gasteiger partial charge in [0.15, 0.2) is 10.6 Å². The van der Waals surface area contributed by atoms with E-state index in [2.05, 4.69) is 9.88 Å². The molecule has 3 N–H and O–H groups in total. The molecule has 0 amide bonds. The normalized spacial score (nSPS) is 16.5. The first-order valence-corrected chi connectivity index (χ1v) is 9.43. The van der Waals surface area contributed by atoms with Gasteiger partial charge in [0.05, 0.1) is 23.7 Å². The third-order valence-electron chi connectivity index (χ3n) is 4.55. The molecule has 1 saturated heterocycles. The number of rotatable bonds is 5. The number of nitrogens with zero attached hydrogens (tertiary/aromatic N) is 2. The molecule has 0 radical (unpaired) electrons. The number of piperazine rings is 1. The van der Waals surface area contributed by atoms with Crippen molar-refractivity contribution in [3.8, 4) is 0 Å². The molecule has 1 aromatic heterocycles. The highest BCUT2D eigenvalue weighted by molar-refractivity contribution is 7.11. The molecule has 5 nitrogen and oxygen atoms in total. The average Bonchev–Trinajstić information content (AvgIpc) is 2.91. The van der Waals surface area contributed by atoms with Gasteiger partial charge in [0.1, 0.15) is 26.2 Å². The first-order valence-electron chi connectivity index (χ1n) is 8.61. The van der Waals surface area contributed by atoms with Crippen LogP contribution in [0.15, 0.2) is 35.3 Å². The van der Waals surface area contributed by atoms with Crippen molar-refractivity contribution < 1.29 is 15.0 Å². The summed E-state index contributed by atoms with van der Waals surface area (Å²) in [6, 6.07) is 9.97. The Kier molecular flexibility index (Phi) is 5.60. The van der Waals surface area contributed by atoms with Gasteiger partial charge in [-0.05, 0) is 19.1 Å². The summed E-state index contributed by atoms with van der Waals surface area (Å²) < 4.78 is 2.22. The van der Waals surface area contributed by atoms with Crippen molar-refractivity contribution in [1.29, 1.82) is 0 Å². The summed E-state index contributed by atoms with van der Waals surface area (Å²) in [5.41, 5.74) is 1.98. The Bertz CT molecular complexity index is 757. The van der Waals surface area contributed by atoms with Crippen molar-refractivity contribution >= 4 is 22.8 Å². The number of aromatic nitrogens is 1. The van der Waals surface area contributed by atoms with Crippen molar-refractivity contribution in [3.05, 3.63) is 45.7 Å². The minimum Gasteiger partial charge on any atom is -0.337 e. The highest BCUT2D eigenvalue weighted by atomic mass is 32.1. The molecule has 0 unspecified atom stereocenters. The quantitative estimate of drug-likeness (QED) is 0.721. The summed E-state index contributed by atoms with van der Waals surface area (Å²) in [5, 5.41) is 2.39. The molecule has 1 aliphatic heterocycles. The number of hydrogen-bond donors (Lipinski definition) is 2. The molecule has 0 atom stereocenters. The van der Waals surface area contributed by atoms with Gasteiger partial charge in [0.2, 0.25) is 0 Å². The summed E-state index contributed by atoms with van der Waals surface area (Å²) in [5.74, 6) is 0.126. The SMILES string of the molecule is CC(=O)c1sc(=Nc2ccccc2)n(CC[NH+]2CC[NH2+]CC2)c1C. The van der Waals surface area contributed by atoms with E-state index in [9.17, 15) is 4.79 Å². The molecule has 3 rings (SSSR count). The highest BCUT2D eigenvalue weighted by Crippen LogP contribution is 2.15. The molecule has 0 spiro atoms. The summed E-state index contributed by atoms with van der Waals surface area (Å²) in [6.45, 7) is 10.5. The van der Waals surface area contributed by atoms with Crippen LogP contribution in [0, 0.1) is 6.92 Å². The second-order valence-corrected chi connectivity index (χ2v) is 7.30. The van der Waals surface area contributed by atoms with Crippen LogP contribution in [0.5, 0.6) is 0 Å². The van der Waals surface area contributed by atoms with E-state index in [1.54, 1.807) is 11.8 Å². The van der Waals surface area contributed by atoms with Crippen LogP contribution in [0.25, 0.3) is 0 Å². The monoisotopic (exact) mass is 346 g/mol. The van der Waals surface area contributed by atoms with Crippen LogP contribution in [0.3, 0.4) is 0 Å². The summed E-state index contributed by atoms with van der Waals surface area (Å²) in [6.07, 6.45) is 0. The van der Waals surface area contributed by atoms with Crippen LogP contribution >= 0.6 is 11.3 Å². The third-order valence-corrected chi connectivity index (χ3v) is 5.83. The Labute approximate surface area is 146 Å². The Morgan fingerprint density at radius 3 is 2.67 bits per heavy atom. The summed E-state index contributed by atoms with van der Waals surface area (Å²) >= 11 is 1.51. The van der Waals surface area contributed by atoms with E-state index < -0.39 is 0 Å². The first-order chi connectivity index (χ1) is 11.6. The van der Waals surface area contributed by atoms with Gasteiger partial charge in [-0.1, -0.05) is 29.5 Å². The molecule has 0 saturated carbocycles. The van der Waals surface area contributed by atoms with Crippen molar-refractivity contribution in [2.75, 3.05) is 32.7 Å². The first kappa shape index (κ1) is 17.1. The third kappa shape index (κ3) is 4.01. The molecule has 2 aromatic rings. The molecule has 128 valence electrons. The van der Waals surface area contributed by atoms with Gasteiger partial charge >= 0.3 is 0 Å². The number of hydrogen-bond acceptors (Lipinski definition) is 3. The smallest absolute Gasteiger partial charge is 0.191 e. The summed E-state index contributed by atoms with van der Waals surface area (Å²) in [4.78, 5) is 20.1. The van der Waals surface area contributed by atoms with Crippen molar-refractivity contribution in [1.82, 2.24) is 4.57 Å². The minimum atomic E-state index is 0.126. The molecule has 0 aliphatic carbocycles. The van der Waals surface area contributed by atoms with Gasteiger partial charge in [-0.15, -0.1) is 0 Å². The maximum absolute atomic E-state index is 11.9. The molecule has 0 bridgehead atoms. The number of carbonyl (C=O) groups is 1. The lowest BCUT2D eigenvalue weighted by Gasteiger charge is -2.22. The van der Waals surface area contributed by atoms with Crippen LogP contribution in [-0.2, 0) is 6.54 Å². The predicted octanol–water partition coefficient (Wildman–Crippen LogP) is -0.245. The second kappa shape index (κ2) is 7.88. The zero-order valence-electron chi connectivity index (χ0n) is 14.4. The molecule has 2 heterocycles. The van der Waals surface area contributed by atoms with Crippen LogP contribution < -0.4 is 15.0 Å². The number of quaternary nitrogens is 2. The Morgan fingerprint density at radius 1 is 1.29 bits per heavy atom. The van der Waals surface area contributed by atoms with Gasteiger partial charge in [-0.2, -0.15) is 0 Å². The van der Waals surface area contributed by atoms with Crippen molar-refractivity contribution in [2.45, 2.75) is 20.4 Å². The van der Waals surface area contributed by atoms with Crippen LogP contribution in [0.1, 0.15) is 22.3 Å². The van der Waals surface area contributed by atoms with Crippen LogP contribution in [0.2, 0.25) is 0 Å². The van der Waals surface area contributed by atoms with E-state index in [1.807, 2.05) is 37.3 Å². The highest BCUT2D eigenvalue weighted by Gasteiger charge is 2.18.